The minimum absolute atomic E-state index is 0.333. The number of allylic oxidation sites excluding steroid dienone is 1. The fraction of sp³-hybridized carbons (Fsp3) is 0.625. The molecular formula is C8H11NO2. The van der Waals surface area contributed by atoms with Crippen LogP contribution < -0.4 is 5.32 Å². The van der Waals surface area contributed by atoms with Crippen molar-refractivity contribution in [2.24, 2.45) is 0 Å². The van der Waals surface area contributed by atoms with Gasteiger partial charge < -0.3 is 10.4 Å². The van der Waals surface area contributed by atoms with Gasteiger partial charge in [0.1, 0.15) is 6.04 Å². The highest BCUT2D eigenvalue weighted by Gasteiger charge is 2.30. The van der Waals surface area contributed by atoms with Crippen molar-refractivity contribution in [1.29, 1.82) is 0 Å². The van der Waals surface area contributed by atoms with Crippen LogP contribution in [0.2, 0.25) is 0 Å². The Bertz CT molecular complexity index is 216. The van der Waals surface area contributed by atoms with Crippen LogP contribution in [0.4, 0.5) is 0 Å². The third-order valence-corrected chi connectivity index (χ3v) is 2.43. The summed E-state index contributed by atoms with van der Waals surface area (Å²) in [5.74, 6) is -0.723. The summed E-state index contributed by atoms with van der Waals surface area (Å²) in [5.41, 5.74) is 2.55. The quantitative estimate of drug-likeness (QED) is 0.587. The molecule has 60 valence electrons. The average molecular weight is 153 g/mol. The molecule has 0 fully saturated rings. The highest BCUT2D eigenvalue weighted by molar-refractivity contribution is 5.75. The smallest absolute Gasteiger partial charge is 0.326 e. The minimum atomic E-state index is -0.723. The van der Waals surface area contributed by atoms with E-state index in [1.165, 1.54) is 17.7 Å². The third-order valence-electron chi connectivity index (χ3n) is 2.43. The Morgan fingerprint density at radius 2 is 2.36 bits per heavy atom. The topological polar surface area (TPSA) is 49.3 Å². The van der Waals surface area contributed by atoms with Crippen molar-refractivity contribution in [3.63, 3.8) is 0 Å². The first-order valence-corrected chi connectivity index (χ1v) is 3.97. The molecular weight excluding hydrogens is 142 g/mol. The average Bonchev–Trinajstić information content (AvgIpc) is 2.40. The Labute approximate surface area is 65.1 Å². The lowest BCUT2D eigenvalue weighted by Gasteiger charge is -2.07. The molecule has 2 N–H and O–H groups in total. The summed E-state index contributed by atoms with van der Waals surface area (Å²) >= 11 is 0. The van der Waals surface area contributed by atoms with E-state index < -0.39 is 5.97 Å². The Morgan fingerprint density at radius 3 is 3.00 bits per heavy atom. The number of rotatable bonds is 1. The molecule has 0 bridgehead atoms. The largest absolute Gasteiger partial charge is 0.480 e. The van der Waals surface area contributed by atoms with Gasteiger partial charge in [-0.2, -0.15) is 0 Å². The molecule has 1 aliphatic heterocycles. The lowest BCUT2D eigenvalue weighted by Crippen LogP contribution is -2.31. The van der Waals surface area contributed by atoms with E-state index >= 15 is 0 Å². The maximum atomic E-state index is 10.5. The van der Waals surface area contributed by atoms with Crippen molar-refractivity contribution in [1.82, 2.24) is 5.32 Å². The van der Waals surface area contributed by atoms with Crippen LogP contribution in [0.3, 0.4) is 0 Å². The lowest BCUT2D eigenvalue weighted by molar-refractivity contribution is -0.139. The van der Waals surface area contributed by atoms with Gasteiger partial charge in [0.05, 0.1) is 0 Å². The summed E-state index contributed by atoms with van der Waals surface area (Å²) in [6.45, 7) is 0. The number of carboxylic acid groups (broad SMARTS) is 1. The summed E-state index contributed by atoms with van der Waals surface area (Å²) in [4.78, 5) is 10.5. The Kier molecular flexibility index (Phi) is 1.37. The van der Waals surface area contributed by atoms with Crippen molar-refractivity contribution < 1.29 is 9.90 Å². The van der Waals surface area contributed by atoms with Crippen LogP contribution in [0, 0.1) is 0 Å². The first kappa shape index (κ1) is 6.70. The second-order valence-electron chi connectivity index (χ2n) is 3.17. The van der Waals surface area contributed by atoms with Crippen LogP contribution in [0.5, 0.6) is 0 Å². The summed E-state index contributed by atoms with van der Waals surface area (Å²) < 4.78 is 0. The van der Waals surface area contributed by atoms with Crippen molar-refractivity contribution in [2.45, 2.75) is 31.7 Å². The number of hydrogen-bond acceptors (Lipinski definition) is 2. The summed E-state index contributed by atoms with van der Waals surface area (Å²) in [7, 11) is 0. The zero-order valence-electron chi connectivity index (χ0n) is 6.26. The molecule has 0 spiro atoms. The van der Waals surface area contributed by atoms with Crippen LogP contribution in [-0.2, 0) is 4.79 Å². The van der Waals surface area contributed by atoms with E-state index in [-0.39, 0.29) is 6.04 Å². The maximum Gasteiger partial charge on any atom is 0.326 e. The molecule has 0 radical (unpaired) electrons. The van der Waals surface area contributed by atoms with Crippen LogP contribution >= 0.6 is 0 Å². The normalized spacial score (nSPS) is 28.5. The van der Waals surface area contributed by atoms with E-state index in [4.69, 9.17) is 5.11 Å². The van der Waals surface area contributed by atoms with Gasteiger partial charge in [0, 0.05) is 12.1 Å². The van der Waals surface area contributed by atoms with E-state index in [9.17, 15) is 4.79 Å². The van der Waals surface area contributed by atoms with E-state index in [0.717, 1.165) is 19.3 Å². The zero-order valence-corrected chi connectivity index (χ0v) is 6.26. The Balaban J connectivity index is 2.06. The molecule has 1 aliphatic carbocycles. The molecule has 2 rings (SSSR count). The molecule has 0 saturated heterocycles. The molecule has 0 saturated carbocycles. The molecule has 0 aromatic rings. The summed E-state index contributed by atoms with van der Waals surface area (Å²) in [6.07, 6.45) is 4.08. The number of carboxylic acids is 1. The molecule has 0 aromatic heterocycles. The molecule has 1 atom stereocenters. The van der Waals surface area contributed by atoms with E-state index in [1.807, 2.05) is 0 Å². The fourth-order valence-electron chi connectivity index (χ4n) is 1.86. The summed E-state index contributed by atoms with van der Waals surface area (Å²) in [6, 6.07) is -0.333. The molecule has 11 heavy (non-hydrogen) atoms. The number of carbonyl (C=O) groups is 1. The van der Waals surface area contributed by atoms with Crippen LogP contribution in [0.15, 0.2) is 11.3 Å². The highest BCUT2D eigenvalue weighted by Crippen LogP contribution is 2.32. The number of aliphatic carboxylic acids is 1. The van der Waals surface area contributed by atoms with E-state index in [0.29, 0.717) is 0 Å². The van der Waals surface area contributed by atoms with Gasteiger partial charge in [-0.3, -0.25) is 0 Å². The minimum Gasteiger partial charge on any atom is -0.480 e. The van der Waals surface area contributed by atoms with Crippen LogP contribution in [-0.4, -0.2) is 17.1 Å². The third kappa shape index (κ3) is 1.00. The first-order chi connectivity index (χ1) is 5.27. The van der Waals surface area contributed by atoms with Crippen LogP contribution in [0.1, 0.15) is 25.7 Å². The second kappa shape index (κ2) is 2.26. The standard InChI is InChI=1S/C8H11NO2/c10-8(11)7-4-5-2-1-3-6(5)9-7/h7,9H,1-4H2,(H,10,11)/t7-/m1/s1. The number of hydrogen-bond donors (Lipinski definition) is 2. The predicted molar refractivity (Wildman–Crippen MR) is 40.1 cm³/mol. The Hall–Kier alpha value is -0.990. The van der Waals surface area contributed by atoms with Gasteiger partial charge in [0.2, 0.25) is 0 Å². The van der Waals surface area contributed by atoms with Crippen molar-refractivity contribution in [2.75, 3.05) is 0 Å². The van der Waals surface area contributed by atoms with Gasteiger partial charge in [-0.15, -0.1) is 0 Å². The number of nitrogens with one attached hydrogen (secondary N) is 1. The Morgan fingerprint density at radius 1 is 1.55 bits per heavy atom. The van der Waals surface area contributed by atoms with E-state index in [2.05, 4.69) is 5.32 Å². The SMILES string of the molecule is O=C(O)[C@H]1CC2=C(CCC2)N1. The zero-order chi connectivity index (χ0) is 7.84. The molecule has 0 aromatic carbocycles. The van der Waals surface area contributed by atoms with Crippen molar-refractivity contribution in [3.8, 4) is 0 Å². The monoisotopic (exact) mass is 153 g/mol. The van der Waals surface area contributed by atoms with Gasteiger partial charge in [0.15, 0.2) is 0 Å². The van der Waals surface area contributed by atoms with Crippen LogP contribution in [0.25, 0.3) is 0 Å². The second-order valence-corrected chi connectivity index (χ2v) is 3.17. The molecule has 0 unspecified atom stereocenters. The van der Waals surface area contributed by atoms with Gasteiger partial charge >= 0.3 is 5.97 Å². The molecule has 2 aliphatic rings. The predicted octanol–water partition coefficient (Wildman–Crippen LogP) is 0.871. The first-order valence-electron chi connectivity index (χ1n) is 3.97. The molecule has 1 heterocycles. The van der Waals surface area contributed by atoms with Gasteiger partial charge in [-0.1, -0.05) is 0 Å². The molecule has 3 heteroatoms. The van der Waals surface area contributed by atoms with Gasteiger partial charge in [0.25, 0.3) is 0 Å². The van der Waals surface area contributed by atoms with Crippen molar-refractivity contribution >= 4 is 5.97 Å². The highest BCUT2D eigenvalue weighted by atomic mass is 16.4. The molecule has 0 amide bonds. The lowest BCUT2D eigenvalue weighted by atomic mass is 10.1. The fourth-order valence-corrected chi connectivity index (χ4v) is 1.86. The van der Waals surface area contributed by atoms with E-state index in [1.54, 1.807) is 0 Å². The maximum absolute atomic E-state index is 10.5. The van der Waals surface area contributed by atoms with Gasteiger partial charge in [-0.05, 0) is 24.8 Å². The molecule has 3 nitrogen and oxygen atoms in total. The summed E-state index contributed by atoms with van der Waals surface area (Å²) in [5, 5.41) is 11.7. The van der Waals surface area contributed by atoms with Gasteiger partial charge in [-0.25, -0.2) is 4.79 Å². The van der Waals surface area contributed by atoms with Crippen molar-refractivity contribution in [3.05, 3.63) is 11.3 Å².